The molecule has 1 aromatic rings. The lowest BCUT2D eigenvalue weighted by molar-refractivity contribution is 0.180. The van der Waals surface area contributed by atoms with Crippen molar-refractivity contribution in [2.45, 2.75) is 31.6 Å². The molecule has 2 rings (SSSR count). The van der Waals surface area contributed by atoms with Gasteiger partial charge in [0.15, 0.2) is 0 Å². The second kappa shape index (κ2) is 4.85. The van der Waals surface area contributed by atoms with Gasteiger partial charge in [0.2, 0.25) is 0 Å². The summed E-state index contributed by atoms with van der Waals surface area (Å²) in [5, 5.41) is 9.18. The molecule has 1 fully saturated rings. The van der Waals surface area contributed by atoms with Gasteiger partial charge in [-0.05, 0) is 36.7 Å². The Labute approximate surface area is 92.9 Å². The zero-order chi connectivity index (χ0) is 10.7. The summed E-state index contributed by atoms with van der Waals surface area (Å²) in [5.41, 5.74) is 2.20. The van der Waals surface area contributed by atoms with Crippen LogP contribution in [0.25, 0.3) is 0 Å². The minimum atomic E-state index is 0.339. The Morgan fingerprint density at radius 2 is 1.93 bits per heavy atom. The van der Waals surface area contributed by atoms with E-state index < -0.39 is 0 Å². The zero-order valence-electron chi connectivity index (χ0n) is 9.02. The lowest BCUT2D eigenvalue weighted by atomic mass is 9.78. The quantitative estimate of drug-likeness (QED) is 0.721. The molecule has 1 saturated carbocycles. The topological polar surface area (TPSA) is 20.2 Å². The van der Waals surface area contributed by atoms with E-state index in [1.807, 2.05) is 12.1 Å². The normalized spacial score (nSPS) is 26.5. The summed E-state index contributed by atoms with van der Waals surface area (Å²) in [6.45, 7) is 0.339. The second-order valence-corrected chi connectivity index (χ2v) is 4.58. The molecule has 2 heteroatoms. The van der Waals surface area contributed by atoms with E-state index in [9.17, 15) is 5.11 Å². The van der Waals surface area contributed by atoms with Crippen molar-refractivity contribution in [1.82, 2.24) is 0 Å². The van der Waals surface area contributed by atoms with E-state index >= 15 is 0 Å². The van der Waals surface area contributed by atoms with E-state index in [1.54, 1.807) is 0 Å². The maximum atomic E-state index is 9.18. The Hall–Kier alpha value is -0.755. The predicted octanol–water partition coefficient (Wildman–Crippen LogP) is 1.75. The molecule has 0 saturated heterocycles. The van der Waals surface area contributed by atoms with E-state index in [2.05, 4.69) is 12.1 Å². The molecular weight excluding hydrogens is 183 g/mol. The van der Waals surface area contributed by atoms with Crippen LogP contribution < -0.4 is 5.46 Å². The molecule has 0 aromatic heterocycles. The van der Waals surface area contributed by atoms with Crippen molar-refractivity contribution in [1.29, 1.82) is 0 Å². The lowest BCUT2D eigenvalue weighted by Crippen LogP contribution is -2.17. The molecule has 0 bridgehead atoms. The summed E-state index contributed by atoms with van der Waals surface area (Å²) >= 11 is 0. The Balaban J connectivity index is 2.06. The van der Waals surface area contributed by atoms with Crippen LogP contribution >= 0.6 is 0 Å². The Bertz CT molecular complexity index is 307. The van der Waals surface area contributed by atoms with E-state index in [0.29, 0.717) is 18.4 Å². The van der Waals surface area contributed by atoms with Crippen molar-refractivity contribution >= 4 is 13.3 Å². The monoisotopic (exact) mass is 200 g/mol. The molecule has 15 heavy (non-hydrogen) atoms. The van der Waals surface area contributed by atoms with Crippen molar-refractivity contribution in [2.75, 3.05) is 6.61 Å². The van der Waals surface area contributed by atoms with Crippen LogP contribution in [0.1, 0.15) is 37.2 Å². The molecule has 2 atom stereocenters. The summed E-state index contributed by atoms with van der Waals surface area (Å²) in [6.07, 6.45) is 4.79. The van der Waals surface area contributed by atoms with Gasteiger partial charge >= 0.3 is 0 Å². The Morgan fingerprint density at radius 3 is 2.60 bits per heavy atom. The van der Waals surface area contributed by atoms with Crippen LogP contribution in [0, 0.1) is 5.92 Å². The molecule has 1 N–H and O–H groups in total. The predicted molar refractivity (Wildman–Crippen MR) is 63.6 cm³/mol. The van der Waals surface area contributed by atoms with Crippen LogP contribution in [0.15, 0.2) is 24.3 Å². The fourth-order valence-corrected chi connectivity index (χ4v) is 2.53. The Morgan fingerprint density at radius 1 is 1.20 bits per heavy atom. The first kappa shape index (κ1) is 10.8. The number of aliphatic hydroxyl groups excluding tert-OH is 1. The maximum absolute atomic E-state index is 9.18. The van der Waals surface area contributed by atoms with Gasteiger partial charge in [-0.3, -0.25) is 0 Å². The van der Waals surface area contributed by atoms with E-state index in [0.717, 1.165) is 11.9 Å². The molecule has 2 radical (unpaired) electrons. The zero-order valence-corrected chi connectivity index (χ0v) is 9.02. The number of hydrogen-bond acceptors (Lipinski definition) is 1. The minimum Gasteiger partial charge on any atom is -0.396 e. The van der Waals surface area contributed by atoms with Gasteiger partial charge in [-0.2, -0.15) is 0 Å². The van der Waals surface area contributed by atoms with Crippen LogP contribution in [-0.2, 0) is 0 Å². The van der Waals surface area contributed by atoms with Gasteiger partial charge in [-0.15, -0.1) is 0 Å². The second-order valence-electron chi connectivity index (χ2n) is 4.58. The van der Waals surface area contributed by atoms with Crippen molar-refractivity contribution in [3.05, 3.63) is 29.8 Å². The highest BCUT2D eigenvalue weighted by molar-refractivity contribution is 6.32. The first-order valence-electron chi connectivity index (χ1n) is 5.76. The first-order chi connectivity index (χ1) is 7.29. The summed E-state index contributed by atoms with van der Waals surface area (Å²) in [5.74, 6) is 1.12. The van der Waals surface area contributed by atoms with Crippen molar-refractivity contribution in [2.24, 2.45) is 5.92 Å². The van der Waals surface area contributed by atoms with E-state index in [-0.39, 0.29) is 0 Å². The van der Waals surface area contributed by atoms with Crippen LogP contribution in [-0.4, -0.2) is 19.6 Å². The van der Waals surface area contributed by atoms with E-state index in [1.165, 1.54) is 24.8 Å². The fourth-order valence-electron chi connectivity index (χ4n) is 2.53. The first-order valence-corrected chi connectivity index (χ1v) is 5.76. The third-order valence-electron chi connectivity index (χ3n) is 3.45. The van der Waals surface area contributed by atoms with Crippen molar-refractivity contribution < 1.29 is 5.11 Å². The smallest absolute Gasteiger partial charge is 0.113 e. The number of rotatable bonds is 2. The standard InChI is InChI=1S/C13H17BO/c14-13-6-4-11(5-7-13)12-3-1-2-10(8-12)9-15/h4-7,10,12,15H,1-3,8-9H2. The molecule has 78 valence electrons. The van der Waals surface area contributed by atoms with Gasteiger partial charge in [0.25, 0.3) is 0 Å². The van der Waals surface area contributed by atoms with Gasteiger partial charge in [0.1, 0.15) is 7.85 Å². The van der Waals surface area contributed by atoms with E-state index in [4.69, 9.17) is 7.85 Å². The minimum absolute atomic E-state index is 0.339. The molecule has 0 heterocycles. The summed E-state index contributed by atoms with van der Waals surface area (Å²) in [7, 11) is 5.67. The van der Waals surface area contributed by atoms with Crippen LogP contribution in [0.4, 0.5) is 0 Å². The van der Waals surface area contributed by atoms with Crippen LogP contribution in [0.5, 0.6) is 0 Å². The molecule has 0 amide bonds. The average molecular weight is 200 g/mol. The third-order valence-corrected chi connectivity index (χ3v) is 3.45. The largest absolute Gasteiger partial charge is 0.396 e. The summed E-state index contributed by atoms with van der Waals surface area (Å²) in [6, 6.07) is 8.19. The highest BCUT2D eigenvalue weighted by atomic mass is 16.3. The number of hydrogen-bond donors (Lipinski definition) is 1. The van der Waals surface area contributed by atoms with Gasteiger partial charge < -0.3 is 5.11 Å². The molecule has 2 unspecified atom stereocenters. The molecule has 0 spiro atoms. The molecule has 1 nitrogen and oxygen atoms in total. The molecule has 0 aliphatic heterocycles. The highest BCUT2D eigenvalue weighted by Gasteiger charge is 2.22. The third kappa shape index (κ3) is 2.63. The average Bonchev–Trinajstić information content (AvgIpc) is 2.30. The van der Waals surface area contributed by atoms with Gasteiger partial charge in [0.05, 0.1) is 0 Å². The molecule has 1 aliphatic rings. The van der Waals surface area contributed by atoms with Gasteiger partial charge in [0, 0.05) is 6.61 Å². The SMILES string of the molecule is [B]c1ccc(C2CCCC(CO)C2)cc1. The fraction of sp³-hybridized carbons (Fsp3) is 0.538. The highest BCUT2D eigenvalue weighted by Crippen LogP contribution is 2.35. The van der Waals surface area contributed by atoms with Crippen molar-refractivity contribution in [3.63, 3.8) is 0 Å². The summed E-state index contributed by atoms with van der Waals surface area (Å²) in [4.78, 5) is 0. The molecular formula is C13H17BO. The number of aliphatic hydroxyl groups is 1. The number of benzene rings is 1. The summed E-state index contributed by atoms with van der Waals surface area (Å²) < 4.78 is 0. The molecule has 1 aromatic carbocycles. The Kier molecular flexibility index (Phi) is 3.47. The lowest BCUT2D eigenvalue weighted by Gasteiger charge is -2.28. The van der Waals surface area contributed by atoms with Gasteiger partial charge in [-0.25, -0.2) is 0 Å². The maximum Gasteiger partial charge on any atom is 0.113 e. The van der Waals surface area contributed by atoms with Crippen LogP contribution in [0.3, 0.4) is 0 Å². The van der Waals surface area contributed by atoms with Crippen molar-refractivity contribution in [3.8, 4) is 0 Å². The molecule has 1 aliphatic carbocycles. The van der Waals surface area contributed by atoms with Gasteiger partial charge in [-0.1, -0.05) is 36.1 Å². The van der Waals surface area contributed by atoms with Crippen LogP contribution in [0.2, 0.25) is 0 Å².